The van der Waals surface area contributed by atoms with Crippen LogP contribution in [0.5, 0.6) is 0 Å². The van der Waals surface area contributed by atoms with Gasteiger partial charge in [-0.1, -0.05) is 38.1 Å². The molecule has 6 heteroatoms. The van der Waals surface area contributed by atoms with Crippen LogP contribution in [0, 0.1) is 25.7 Å². The van der Waals surface area contributed by atoms with Gasteiger partial charge in [-0.05, 0) is 116 Å². The molecule has 42 heavy (non-hydrogen) atoms. The third-order valence-electron chi connectivity index (χ3n) is 6.09. The summed E-state index contributed by atoms with van der Waals surface area (Å²) in [6.45, 7) is 30.7. The standard InChI is InChI=1S/C23H41NO2.C7H9N.C6H12O2/c1-18-11-10-12-21(13-18)24(14-19(2)16-25-22(4,5)6)15-20(3)17-26-23(7,8)9;1-6-3-2-4-7(8)5-6;1-5(2)7-3-6-4-8-6/h10-13,19-20H,14-17H2,1-9H3;2-5H,8H2,1H3;5-6H,3-4H2,1-2H3. The smallest absolute Gasteiger partial charge is 0.104 e. The minimum absolute atomic E-state index is 0.0870. The lowest BCUT2D eigenvalue weighted by Gasteiger charge is -2.32. The van der Waals surface area contributed by atoms with Gasteiger partial charge in [-0.25, -0.2) is 0 Å². The van der Waals surface area contributed by atoms with E-state index in [1.54, 1.807) is 0 Å². The first kappa shape index (κ1) is 37.9. The van der Waals surface area contributed by atoms with Crippen LogP contribution in [-0.4, -0.2) is 62.9 Å². The highest BCUT2D eigenvalue weighted by molar-refractivity contribution is 5.48. The van der Waals surface area contributed by atoms with Crippen molar-refractivity contribution in [1.29, 1.82) is 0 Å². The number of benzene rings is 2. The lowest BCUT2D eigenvalue weighted by atomic mass is 10.1. The molecule has 2 aromatic carbocycles. The summed E-state index contributed by atoms with van der Waals surface area (Å²) < 4.78 is 22.2. The van der Waals surface area contributed by atoms with Crippen LogP contribution >= 0.6 is 0 Å². The normalized spacial score (nSPS) is 16.1. The zero-order valence-electron chi connectivity index (χ0n) is 28.8. The molecule has 1 aliphatic rings. The highest BCUT2D eigenvalue weighted by Crippen LogP contribution is 2.21. The zero-order valence-corrected chi connectivity index (χ0v) is 28.8. The molecule has 1 fully saturated rings. The molecular formula is C36H62N2O4. The number of anilines is 2. The molecule has 0 aromatic heterocycles. The topological polar surface area (TPSA) is 69.5 Å². The Morgan fingerprint density at radius 1 is 0.810 bits per heavy atom. The minimum atomic E-state index is -0.0870. The fourth-order valence-electron chi connectivity index (χ4n) is 3.89. The maximum absolute atomic E-state index is 6.00. The van der Waals surface area contributed by atoms with Crippen molar-refractivity contribution in [2.75, 3.05) is 50.2 Å². The van der Waals surface area contributed by atoms with Crippen LogP contribution in [0.15, 0.2) is 48.5 Å². The third-order valence-corrected chi connectivity index (χ3v) is 6.09. The highest BCUT2D eigenvalue weighted by atomic mass is 16.6. The van der Waals surface area contributed by atoms with E-state index in [-0.39, 0.29) is 11.2 Å². The summed E-state index contributed by atoms with van der Waals surface area (Å²) in [6, 6.07) is 16.6. The maximum Gasteiger partial charge on any atom is 0.104 e. The summed E-state index contributed by atoms with van der Waals surface area (Å²) in [5, 5.41) is 0. The van der Waals surface area contributed by atoms with Crippen LogP contribution in [0.1, 0.15) is 80.4 Å². The number of nitrogens with zero attached hydrogens (tertiary/aromatic N) is 1. The summed E-state index contributed by atoms with van der Waals surface area (Å²) in [4.78, 5) is 2.49. The average Bonchev–Trinajstić information content (AvgIpc) is 3.69. The van der Waals surface area contributed by atoms with Crippen molar-refractivity contribution in [1.82, 2.24) is 0 Å². The molecule has 6 nitrogen and oxygen atoms in total. The first-order valence-corrected chi connectivity index (χ1v) is 15.6. The molecule has 0 radical (unpaired) electrons. The maximum atomic E-state index is 6.00. The van der Waals surface area contributed by atoms with Gasteiger partial charge in [-0.3, -0.25) is 0 Å². The van der Waals surface area contributed by atoms with Crippen LogP contribution in [0.3, 0.4) is 0 Å². The van der Waals surface area contributed by atoms with E-state index in [2.05, 4.69) is 91.5 Å². The average molecular weight is 587 g/mol. The van der Waals surface area contributed by atoms with Gasteiger partial charge in [0.1, 0.15) is 6.10 Å². The Labute approximate surface area is 258 Å². The van der Waals surface area contributed by atoms with Gasteiger partial charge in [-0.2, -0.15) is 0 Å². The number of nitrogens with two attached hydrogens (primary N) is 1. The summed E-state index contributed by atoms with van der Waals surface area (Å²) in [5.74, 6) is 0.927. The number of aryl methyl sites for hydroxylation is 2. The van der Waals surface area contributed by atoms with Gasteiger partial charge in [0, 0.05) is 24.5 Å². The van der Waals surface area contributed by atoms with Gasteiger partial charge in [-0.15, -0.1) is 0 Å². The van der Waals surface area contributed by atoms with Crippen molar-refractivity contribution >= 4 is 11.4 Å². The molecule has 2 aromatic rings. The van der Waals surface area contributed by atoms with E-state index in [0.29, 0.717) is 24.0 Å². The van der Waals surface area contributed by atoms with Crippen molar-refractivity contribution in [3.63, 3.8) is 0 Å². The summed E-state index contributed by atoms with van der Waals surface area (Å²) in [6.07, 6.45) is 0.761. The number of ether oxygens (including phenoxy) is 4. The largest absolute Gasteiger partial charge is 0.399 e. The predicted molar refractivity (Wildman–Crippen MR) is 180 cm³/mol. The van der Waals surface area contributed by atoms with E-state index < -0.39 is 0 Å². The van der Waals surface area contributed by atoms with Crippen molar-refractivity contribution in [3.05, 3.63) is 59.7 Å². The number of epoxide rings is 1. The van der Waals surface area contributed by atoms with Crippen LogP contribution in [0.4, 0.5) is 11.4 Å². The first-order valence-electron chi connectivity index (χ1n) is 15.6. The van der Waals surface area contributed by atoms with Gasteiger partial charge in [0.05, 0.1) is 43.7 Å². The van der Waals surface area contributed by atoms with E-state index in [0.717, 1.165) is 45.2 Å². The third kappa shape index (κ3) is 20.7. The lowest BCUT2D eigenvalue weighted by Crippen LogP contribution is -2.37. The predicted octanol–water partition coefficient (Wildman–Crippen LogP) is 8.09. The molecule has 2 N–H and O–H groups in total. The fraction of sp³-hybridized carbons (Fsp3) is 0.667. The van der Waals surface area contributed by atoms with Gasteiger partial charge in [0.2, 0.25) is 0 Å². The Morgan fingerprint density at radius 2 is 1.29 bits per heavy atom. The molecule has 1 heterocycles. The van der Waals surface area contributed by atoms with Gasteiger partial charge >= 0.3 is 0 Å². The molecule has 0 spiro atoms. The van der Waals surface area contributed by atoms with Crippen molar-refractivity contribution in [2.24, 2.45) is 11.8 Å². The van der Waals surface area contributed by atoms with Crippen LogP contribution in [-0.2, 0) is 18.9 Å². The van der Waals surface area contributed by atoms with E-state index in [9.17, 15) is 0 Å². The molecule has 3 atom stereocenters. The highest BCUT2D eigenvalue weighted by Gasteiger charge is 2.22. The number of rotatable bonds is 12. The Kier molecular flexibility index (Phi) is 16.7. The Hall–Kier alpha value is -2.12. The van der Waals surface area contributed by atoms with Crippen molar-refractivity contribution in [2.45, 2.75) is 106 Å². The summed E-state index contributed by atoms with van der Waals surface area (Å²) in [5.41, 5.74) is 9.92. The number of nitrogen functional groups attached to an aromatic ring is 1. The van der Waals surface area contributed by atoms with Crippen LogP contribution in [0.25, 0.3) is 0 Å². The summed E-state index contributed by atoms with van der Waals surface area (Å²) in [7, 11) is 0. The molecule has 0 aliphatic carbocycles. The van der Waals surface area contributed by atoms with E-state index in [1.165, 1.54) is 16.8 Å². The molecule has 0 saturated carbocycles. The number of hydrogen-bond acceptors (Lipinski definition) is 6. The Balaban J connectivity index is 0.000000440. The summed E-state index contributed by atoms with van der Waals surface area (Å²) >= 11 is 0. The van der Waals surface area contributed by atoms with Crippen LogP contribution in [0.2, 0.25) is 0 Å². The molecule has 3 rings (SSSR count). The molecule has 1 aliphatic heterocycles. The molecular weight excluding hydrogens is 524 g/mol. The molecule has 0 amide bonds. The SMILES string of the molecule is CC(C)OCC1CO1.Cc1cccc(N(CC(C)COC(C)(C)C)CC(C)COC(C)(C)C)c1.Cc1cccc(N)c1. The van der Waals surface area contributed by atoms with Gasteiger partial charge in [0.25, 0.3) is 0 Å². The number of hydrogen-bond donors (Lipinski definition) is 1. The lowest BCUT2D eigenvalue weighted by molar-refractivity contribution is -0.0210. The monoisotopic (exact) mass is 586 g/mol. The molecule has 3 unspecified atom stereocenters. The quantitative estimate of drug-likeness (QED) is 0.200. The second kappa shape index (κ2) is 18.5. The molecule has 240 valence electrons. The zero-order chi connectivity index (χ0) is 31.9. The van der Waals surface area contributed by atoms with E-state index >= 15 is 0 Å². The fourth-order valence-corrected chi connectivity index (χ4v) is 3.89. The molecule has 0 bridgehead atoms. The van der Waals surface area contributed by atoms with Crippen molar-refractivity contribution in [3.8, 4) is 0 Å². The van der Waals surface area contributed by atoms with E-state index in [4.69, 9.17) is 24.7 Å². The molecule has 1 saturated heterocycles. The minimum Gasteiger partial charge on any atom is -0.399 e. The first-order chi connectivity index (χ1) is 19.4. The Bertz CT molecular complexity index is 947. The van der Waals surface area contributed by atoms with Gasteiger partial charge < -0.3 is 29.6 Å². The van der Waals surface area contributed by atoms with Gasteiger partial charge in [0.15, 0.2) is 0 Å². The second-order valence-corrected chi connectivity index (χ2v) is 14.1. The van der Waals surface area contributed by atoms with Crippen LogP contribution < -0.4 is 10.6 Å². The second-order valence-electron chi connectivity index (χ2n) is 14.1. The Morgan fingerprint density at radius 3 is 1.64 bits per heavy atom. The van der Waals surface area contributed by atoms with Crippen molar-refractivity contribution < 1.29 is 18.9 Å². The van der Waals surface area contributed by atoms with E-state index in [1.807, 2.05) is 45.0 Å².